The number of phenols is 1. The minimum absolute atomic E-state index is 0.322. The molecule has 0 aliphatic carbocycles. The number of benzene rings is 1. The lowest BCUT2D eigenvalue weighted by molar-refractivity contribution is 0.475. The van der Waals surface area contributed by atoms with Crippen LogP contribution in [-0.4, -0.2) is 5.11 Å². The summed E-state index contributed by atoms with van der Waals surface area (Å²) in [5.74, 6) is 0.322. The summed E-state index contributed by atoms with van der Waals surface area (Å²) in [5.41, 5.74) is 0. The molecule has 0 spiro atoms. The second-order valence-electron chi connectivity index (χ2n) is 4.10. The van der Waals surface area contributed by atoms with E-state index < -0.39 is 0 Å². The Morgan fingerprint density at radius 1 is 0.722 bits per heavy atom. The van der Waals surface area contributed by atoms with E-state index in [2.05, 4.69) is 13.8 Å². The third-order valence-electron chi connectivity index (χ3n) is 2.46. The number of hydrogen-bond acceptors (Lipinski definition) is 1. The van der Waals surface area contributed by atoms with E-state index in [1.165, 1.54) is 44.9 Å². The monoisotopic (exact) mass is 252 g/mol. The van der Waals surface area contributed by atoms with Crippen molar-refractivity contribution in [2.45, 2.75) is 72.6 Å². The third-order valence-corrected chi connectivity index (χ3v) is 2.46. The van der Waals surface area contributed by atoms with E-state index in [-0.39, 0.29) is 0 Å². The molecule has 0 atom stereocenters. The molecule has 0 heterocycles. The van der Waals surface area contributed by atoms with Crippen LogP contribution in [0.4, 0.5) is 0 Å². The van der Waals surface area contributed by atoms with Gasteiger partial charge in [-0.2, -0.15) is 0 Å². The van der Waals surface area contributed by atoms with Crippen molar-refractivity contribution in [3.63, 3.8) is 0 Å². The van der Waals surface area contributed by atoms with Crippen LogP contribution in [0.25, 0.3) is 0 Å². The molecule has 0 aliphatic heterocycles. The highest BCUT2D eigenvalue weighted by molar-refractivity contribution is 5.18. The van der Waals surface area contributed by atoms with E-state index in [0.717, 1.165) is 0 Å². The Morgan fingerprint density at radius 2 is 1.11 bits per heavy atom. The van der Waals surface area contributed by atoms with Gasteiger partial charge in [0.1, 0.15) is 5.75 Å². The summed E-state index contributed by atoms with van der Waals surface area (Å²) >= 11 is 0. The Labute approximate surface area is 114 Å². The van der Waals surface area contributed by atoms with Gasteiger partial charge in [0.05, 0.1) is 0 Å². The highest BCUT2D eigenvalue weighted by Crippen LogP contribution is 2.05. The normalized spacial score (nSPS) is 8.67. The standard InChI is InChI=1S/C9H20.C6H6O.C2H6/c1-3-5-7-9-8-6-4-2;7-6-4-2-1-3-5-6;1-2/h3-9H2,1-2H3;1-5,7H;1-2H3. The van der Waals surface area contributed by atoms with Gasteiger partial charge in [0, 0.05) is 0 Å². The highest BCUT2D eigenvalue weighted by atomic mass is 16.3. The molecule has 0 saturated carbocycles. The zero-order valence-corrected chi connectivity index (χ0v) is 12.8. The average molecular weight is 252 g/mol. The molecule has 106 valence electrons. The van der Waals surface area contributed by atoms with E-state index in [0.29, 0.717) is 5.75 Å². The molecule has 1 rings (SSSR count). The lowest BCUT2D eigenvalue weighted by atomic mass is 10.1. The molecule has 0 amide bonds. The Kier molecular flexibility index (Phi) is 19.8. The Hall–Kier alpha value is -0.980. The van der Waals surface area contributed by atoms with Crippen LogP contribution in [0.3, 0.4) is 0 Å². The maximum atomic E-state index is 8.63. The van der Waals surface area contributed by atoms with E-state index in [9.17, 15) is 0 Å². The van der Waals surface area contributed by atoms with Gasteiger partial charge in [-0.3, -0.25) is 0 Å². The van der Waals surface area contributed by atoms with Crippen molar-refractivity contribution >= 4 is 0 Å². The third kappa shape index (κ3) is 17.4. The molecule has 1 heteroatoms. The number of hydrogen-bond donors (Lipinski definition) is 1. The smallest absolute Gasteiger partial charge is 0.115 e. The average Bonchev–Trinajstić information content (AvgIpc) is 2.43. The first-order chi connectivity index (χ1) is 8.81. The highest BCUT2D eigenvalue weighted by Gasteiger charge is 1.85. The largest absolute Gasteiger partial charge is 0.508 e. The summed E-state index contributed by atoms with van der Waals surface area (Å²) in [7, 11) is 0. The predicted molar refractivity (Wildman–Crippen MR) is 83.1 cm³/mol. The van der Waals surface area contributed by atoms with Gasteiger partial charge in [0.2, 0.25) is 0 Å². The van der Waals surface area contributed by atoms with Gasteiger partial charge in [0.15, 0.2) is 0 Å². The Bertz CT molecular complexity index is 212. The van der Waals surface area contributed by atoms with Crippen molar-refractivity contribution in [1.82, 2.24) is 0 Å². The second-order valence-corrected chi connectivity index (χ2v) is 4.10. The van der Waals surface area contributed by atoms with Gasteiger partial charge >= 0.3 is 0 Å². The van der Waals surface area contributed by atoms with Gasteiger partial charge < -0.3 is 5.11 Å². The topological polar surface area (TPSA) is 20.2 Å². The van der Waals surface area contributed by atoms with Gasteiger partial charge in [-0.1, -0.05) is 90.8 Å². The van der Waals surface area contributed by atoms with E-state index in [1.54, 1.807) is 24.3 Å². The van der Waals surface area contributed by atoms with Gasteiger partial charge in [0.25, 0.3) is 0 Å². The fourth-order valence-corrected chi connectivity index (χ4v) is 1.46. The van der Waals surface area contributed by atoms with Crippen LogP contribution in [0.5, 0.6) is 5.75 Å². The van der Waals surface area contributed by atoms with Crippen molar-refractivity contribution in [3.05, 3.63) is 30.3 Å². The SMILES string of the molecule is CC.CCCCCCCCC.Oc1ccccc1. The van der Waals surface area contributed by atoms with Crippen LogP contribution in [0, 0.1) is 0 Å². The molecular formula is C17H32O. The number of para-hydroxylation sites is 1. The van der Waals surface area contributed by atoms with E-state index in [1.807, 2.05) is 19.9 Å². The fourth-order valence-electron chi connectivity index (χ4n) is 1.46. The first-order valence-corrected chi connectivity index (χ1v) is 7.55. The quantitative estimate of drug-likeness (QED) is 0.600. The molecule has 1 aromatic carbocycles. The zero-order valence-electron chi connectivity index (χ0n) is 12.8. The number of aromatic hydroxyl groups is 1. The molecule has 0 saturated heterocycles. The molecular weight excluding hydrogens is 220 g/mol. The lowest BCUT2D eigenvalue weighted by Crippen LogP contribution is -1.76. The van der Waals surface area contributed by atoms with Crippen LogP contribution in [0.15, 0.2) is 30.3 Å². The molecule has 18 heavy (non-hydrogen) atoms. The summed E-state index contributed by atoms with van der Waals surface area (Å²) in [6.45, 7) is 8.53. The van der Waals surface area contributed by atoms with E-state index >= 15 is 0 Å². The zero-order chi connectivity index (χ0) is 14.1. The van der Waals surface area contributed by atoms with Crippen molar-refractivity contribution in [2.75, 3.05) is 0 Å². The van der Waals surface area contributed by atoms with Crippen LogP contribution in [-0.2, 0) is 0 Å². The Balaban J connectivity index is 0. The lowest BCUT2D eigenvalue weighted by Gasteiger charge is -1.96. The van der Waals surface area contributed by atoms with Crippen LogP contribution in [0.1, 0.15) is 72.6 Å². The van der Waals surface area contributed by atoms with Gasteiger partial charge in [-0.15, -0.1) is 0 Å². The van der Waals surface area contributed by atoms with E-state index in [4.69, 9.17) is 5.11 Å². The maximum Gasteiger partial charge on any atom is 0.115 e. The first kappa shape index (κ1) is 19.4. The minimum Gasteiger partial charge on any atom is -0.508 e. The molecule has 0 radical (unpaired) electrons. The van der Waals surface area contributed by atoms with Crippen LogP contribution < -0.4 is 0 Å². The molecule has 0 bridgehead atoms. The van der Waals surface area contributed by atoms with Crippen molar-refractivity contribution < 1.29 is 5.11 Å². The summed E-state index contributed by atoms with van der Waals surface area (Å²) in [6.07, 6.45) is 9.97. The molecule has 0 unspecified atom stereocenters. The molecule has 1 N–H and O–H groups in total. The number of phenolic OH excluding ortho intramolecular Hbond substituents is 1. The number of rotatable bonds is 6. The molecule has 0 aromatic heterocycles. The summed E-state index contributed by atoms with van der Waals surface area (Å²) in [6, 6.07) is 8.71. The minimum atomic E-state index is 0.322. The van der Waals surface area contributed by atoms with Crippen molar-refractivity contribution in [1.29, 1.82) is 0 Å². The van der Waals surface area contributed by atoms with Crippen LogP contribution >= 0.6 is 0 Å². The molecule has 1 aromatic rings. The fraction of sp³-hybridized carbons (Fsp3) is 0.647. The molecule has 0 aliphatic rings. The predicted octanol–water partition coefficient (Wildman–Crippen LogP) is 6.18. The maximum absolute atomic E-state index is 8.63. The Morgan fingerprint density at radius 3 is 1.39 bits per heavy atom. The molecule has 1 nitrogen and oxygen atoms in total. The van der Waals surface area contributed by atoms with Crippen molar-refractivity contribution in [3.8, 4) is 5.75 Å². The summed E-state index contributed by atoms with van der Waals surface area (Å²) in [4.78, 5) is 0. The van der Waals surface area contributed by atoms with Gasteiger partial charge in [-0.05, 0) is 12.1 Å². The number of unbranched alkanes of at least 4 members (excludes halogenated alkanes) is 6. The van der Waals surface area contributed by atoms with Crippen molar-refractivity contribution in [2.24, 2.45) is 0 Å². The van der Waals surface area contributed by atoms with Crippen LogP contribution in [0.2, 0.25) is 0 Å². The summed E-state index contributed by atoms with van der Waals surface area (Å²) in [5, 5.41) is 8.63. The molecule has 0 fully saturated rings. The second kappa shape index (κ2) is 18.4. The van der Waals surface area contributed by atoms with Gasteiger partial charge in [-0.25, -0.2) is 0 Å². The first-order valence-electron chi connectivity index (χ1n) is 7.55. The summed E-state index contributed by atoms with van der Waals surface area (Å²) < 4.78 is 0.